The first-order chi connectivity index (χ1) is 13.1. The Morgan fingerprint density at radius 2 is 1.00 bits per heavy atom. The van der Waals surface area contributed by atoms with Crippen molar-refractivity contribution in [2.45, 2.75) is 0 Å². The fourth-order valence-electron chi connectivity index (χ4n) is 2.92. The molecule has 134 valence electrons. The second kappa shape index (κ2) is 6.68. The van der Waals surface area contributed by atoms with Crippen molar-refractivity contribution in [3.05, 3.63) is 81.2 Å². The molecule has 0 aliphatic carbocycles. The van der Waals surface area contributed by atoms with Crippen LogP contribution in [0, 0.1) is 0 Å². The molecule has 27 heavy (non-hydrogen) atoms. The number of allylic oxidation sites excluding steroid dienone is 2. The Labute approximate surface area is 173 Å². The van der Waals surface area contributed by atoms with Crippen LogP contribution in [0.3, 0.4) is 0 Å². The van der Waals surface area contributed by atoms with Gasteiger partial charge in [0.2, 0.25) is 9.84 Å². The Morgan fingerprint density at radius 1 is 0.556 bits per heavy atom. The monoisotopic (exact) mass is 444 g/mol. The van der Waals surface area contributed by atoms with Crippen molar-refractivity contribution in [1.29, 1.82) is 0 Å². The van der Waals surface area contributed by atoms with E-state index < -0.39 is 9.84 Å². The fourth-order valence-corrected chi connectivity index (χ4v) is 8.75. The van der Waals surface area contributed by atoms with Crippen molar-refractivity contribution in [3.63, 3.8) is 0 Å². The number of hydrogen-bond donors (Lipinski definition) is 0. The first-order valence-corrected chi connectivity index (χ1v) is 13.0. The highest BCUT2D eigenvalue weighted by Crippen LogP contribution is 2.45. The summed E-state index contributed by atoms with van der Waals surface area (Å²) in [5, 5.41) is 4.06. The summed E-state index contributed by atoms with van der Waals surface area (Å²) in [7, 11) is -3.50. The van der Waals surface area contributed by atoms with Crippen LogP contribution in [0.25, 0.3) is 29.3 Å². The third kappa shape index (κ3) is 2.99. The molecule has 0 spiro atoms. The van der Waals surface area contributed by atoms with Crippen LogP contribution in [0.4, 0.5) is 0 Å². The molecule has 1 aliphatic rings. The molecule has 1 aliphatic heterocycles. The largest absolute Gasteiger partial charge is 0.218 e. The van der Waals surface area contributed by atoms with Gasteiger partial charge in [0.25, 0.3) is 0 Å². The van der Waals surface area contributed by atoms with E-state index >= 15 is 0 Å². The van der Waals surface area contributed by atoms with E-state index in [4.69, 9.17) is 0 Å². The van der Waals surface area contributed by atoms with Gasteiger partial charge in [0.15, 0.2) is 0 Å². The molecule has 5 rings (SSSR count). The van der Waals surface area contributed by atoms with Crippen LogP contribution in [0.2, 0.25) is 0 Å². The Morgan fingerprint density at radius 3 is 1.41 bits per heavy atom. The summed E-state index contributed by atoms with van der Waals surface area (Å²) in [4.78, 5) is 6.90. The van der Waals surface area contributed by atoms with Crippen molar-refractivity contribution < 1.29 is 8.42 Å². The number of sulfone groups is 1. The highest BCUT2D eigenvalue weighted by molar-refractivity contribution is 8.09. The molecule has 0 saturated carbocycles. The molecule has 0 saturated heterocycles. The molecule has 4 aromatic heterocycles. The summed E-state index contributed by atoms with van der Waals surface area (Å²) in [6.07, 6.45) is 3.47. The van der Waals surface area contributed by atoms with Crippen molar-refractivity contribution in [2.24, 2.45) is 0 Å². The van der Waals surface area contributed by atoms with E-state index in [9.17, 15) is 8.42 Å². The first-order valence-electron chi connectivity index (χ1n) is 8.08. The molecule has 5 heterocycles. The molecule has 0 unspecified atom stereocenters. The molecular weight excluding hydrogens is 433 g/mol. The zero-order valence-electron chi connectivity index (χ0n) is 13.8. The fraction of sp³-hybridized carbons (Fsp3) is 0. The summed E-state index contributed by atoms with van der Waals surface area (Å²) in [6, 6.07) is 15.9. The van der Waals surface area contributed by atoms with Gasteiger partial charge in [-0.1, -0.05) is 12.1 Å². The van der Waals surface area contributed by atoms with Gasteiger partial charge in [-0.2, -0.15) is 0 Å². The van der Waals surface area contributed by atoms with Crippen molar-refractivity contribution in [3.8, 4) is 19.5 Å². The summed E-state index contributed by atoms with van der Waals surface area (Å²) in [5.74, 6) is 0. The number of rotatable bonds is 4. The molecule has 0 aromatic carbocycles. The van der Waals surface area contributed by atoms with Gasteiger partial charge in [-0.15, -0.1) is 45.3 Å². The lowest BCUT2D eigenvalue weighted by molar-refractivity contribution is 0.615. The van der Waals surface area contributed by atoms with Crippen molar-refractivity contribution in [2.75, 3.05) is 0 Å². The lowest BCUT2D eigenvalue weighted by atomic mass is 10.3. The van der Waals surface area contributed by atoms with E-state index in [1.165, 1.54) is 22.7 Å². The van der Waals surface area contributed by atoms with Gasteiger partial charge in [-0.05, 0) is 59.3 Å². The Balaban J connectivity index is 1.46. The van der Waals surface area contributed by atoms with Crippen LogP contribution in [-0.2, 0) is 9.84 Å². The van der Waals surface area contributed by atoms with Gasteiger partial charge in [0, 0.05) is 29.3 Å². The quantitative estimate of drug-likeness (QED) is 0.337. The van der Waals surface area contributed by atoms with E-state index in [2.05, 4.69) is 12.1 Å². The van der Waals surface area contributed by atoms with Crippen LogP contribution in [0.1, 0.15) is 9.75 Å². The highest BCUT2D eigenvalue weighted by Gasteiger charge is 2.31. The normalized spacial score (nSPS) is 15.7. The minimum absolute atomic E-state index is 0.399. The standard InChI is InChI=1S/C20H12O2S5/c21-27(22)19(17-7-5-15(25-17)13-3-1-11-23-13)9-10-20(27)18-8-6-16(26-18)14-4-2-12-24-14/h1-12H. The van der Waals surface area contributed by atoms with E-state index in [1.54, 1.807) is 34.8 Å². The number of hydrogen-bond acceptors (Lipinski definition) is 6. The molecule has 0 atom stereocenters. The summed E-state index contributed by atoms with van der Waals surface area (Å²) in [6.45, 7) is 0. The predicted octanol–water partition coefficient (Wildman–Crippen LogP) is 7.08. The van der Waals surface area contributed by atoms with Gasteiger partial charge in [0.1, 0.15) is 0 Å². The average molecular weight is 445 g/mol. The van der Waals surface area contributed by atoms with E-state index in [-0.39, 0.29) is 0 Å². The first kappa shape index (κ1) is 17.3. The number of thiophene rings is 4. The highest BCUT2D eigenvalue weighted by atomic mass is 32.2. The Kier molecular flexibility index (Phi) is 4.29. The van der Waals surface area contributed by atoms with Crippen LogP contribution in [0.5, 0.6) is 0 Å². The zero-order valence-corrected chi connectivity index (χ0v) is 17.9. The molecule has 0 bridgehead atoms. The second-order valence-electron chi connectivity index (χ2n) is 5.85. The maximum atomic E-state index is 13.2. The topological polar surface area (TPSA) is 34.1 Å². The Hall–Kier alpha value is -1.77. The lowest BCUT2D eigenvalue weighted by Crippen LogP contribution is -1.99. The third-order valence-corrected chi connectivity index (χ3v) is 10.7. The summed E-state index contributed by atoms with van der Waals surface area (Å²) in [5.41, 5.74) is 0. The minimum Gasteiger partial charge on any atom is -0.218 e. The third-order valence-electron chi connectivity index (χ3n) is 4.19. The van der Waals surface area contributed by atoms with Crippen LogP contribution in [-0.4, -0.2) is 8.42 Å². The smallest absolute Gasteiger partial charge is 0.209 e. The van der Waals surface area contributed by atoms with Crippen LogP contribution < -0.4 is 0 Å². The minimum atomic E-state index is -3.50. The van der Waals surface area contributed by atoms with Gasteiger partial charge in [-0.25, -0.2) is 8.42 Å². The molecule has 0 N–H and O–H groups in total. The SMILES string of the molecule is O=S1(=O)C(c2ccc(-c3cccs3)s2)=CC=C1c1ccc(-c2cccs2)s1. The summed E-state index contributed by atoms with van der Waals surface area (Å²) < 4.78 is 26.3. The van der Waals surface area contributed by atoms with Crippen molar-refractivity contribution in [1.82, 2.24) is 0 Å². The van der Waals surface area contributed by atoms with Crippen molar-refractivity contribution >= 4 is 65.0 Å². The Bertz CT molecular complexity index is 1170. The van der Waals surface area contributed by atoms with Gasteiger partial charge < -0.3 is 0 Å². The second-order valence-corrected chi connectivity index (χ2v) is 11.8. The van der Waals surface area contributed by atoms with Gasteiger partial charge in [-0.3, -0.25) is 0 Å². The van der Waals surface area contributed by atoms with E-state index in [0.717, 1.165) is 29.3 Å². The average Bonchev–Trinajstić information content (AvgIpc) is 3.43. The van der Waals surface area contributed by atoms with Gasteiger partial charge in [0.05, 0.1) is 9.81 Å². The summed E-state index contributed by atoms with van der Waals surface area (Å²) >= 11 is 6.37. The molecule has 0 amide bonds. The maximum Gasteiger partial charge on any atom is 0.209 e. The zero-order chi connectivity index (χ0) is 18.4. The predicted molar refractivity (Wildman–Crippen MR) is 120 cm³/mol. The molecule has 2 nitrogen and oxygen atoms in total. The maximum absolute atomic E-state index is 13.2. The molecular formula is C20H12O2S5. The molecule has 0 fully saturated rings. The lowest BCUT2D eigenvalue weighted by Gasteiger charge is -2.04. The van der Waals surface area contributed by atoms with Gasteiger partial charge >= 0.3 is 0 Å². The molecule has 4 aromatic rings. The van der Waals surface area contributed by atoms with E-state index in [0.29, 0.717) is 9.81 Å². The molecule has 0 radical (unpaired) electrons. The van der Waals surface area contributed by atoms with Crippen LogP contribution in [0.15, 0.2) is 71.4 Å². The van der Waals surface area contributed by atoms with E-state index in [1.807, 2.05) is 47.2 Å². The molecule has 7 heteroatoms. The van der Waals surface area contributed by atoms with Crippen LogP contribution >= 0.6 is 45.3 Å².